The first-order chi connectivity index (χ1) is 14.2. The molecule has 0 atom stereocenters. The van der Waals surface area contributed by atoms with Gasteiger partial charge in [0.2, 0.25) is 0 Å². The molecule has 0 aliphatic heterocycles. The first-order valence-corrected chi connectivity index (χ1v) is 9.75. The van der Waals surface area contributed by atoms with Crippen LogP contribution in [0.3, 0.4) is 0 Å². The molecule has 0 aromatic heterocycles. The quantitative estimate of drug-likeness (QED) is 0.257. The summed E-state index contributed by atoms with van der Waals surface area (Å²) in [6.07, 6.45) is 9.27. The van der Waals surface area contributed by atoms with Crippen LogP contribution >= 0.6 is 0 Å². The zero-order valence-electron chi connectivity index (χ0n) is 17.5. The number of benzene rings is 2. The standard InChI is InChI=1S/C25H28O5/c1-16(2)5-4-6-17(3)7-8-18-13-19(24(29)15-23(18)28)9-12-22(27)21-11-10-20(26)14-25(21)30/h5,7,9-15,26,28-30H,4,6,8H2,1-3H3/b12-9?,17-7+. The highest BCUT2D eigenvalue weighted by Crippen LogP contribution is 2.30. The van der Waals surface area contributed by atoms with Gasteiger partial charge in [0, 0.05) is 17.7 Å². The number of carbonyl (C=O) groups is 1. The summed E-state index contributed by atoms with van der Waals surface area (Å²) in [7, 11) is 0. The number of allylic oxidation sites excluding steroid dienone is 5. The van der Waals surface area contributed by atoms with E-state index < -0.39 is 5.78 Å². The van der Waals surface area contributed by atoms with E-state index in [4.69, 9.17) is 0 Å². The van der Waals surface area contributed by atoms with E-state index in [1.54, 1.807) is 6.07 Å². The van der Waals surface area contributed by atoms with Crippen LogP contribution in [0.5, 0.6) is 23.0 Å². The van der Waals surface area contributed by atoms with Gasteiger partial charge in [-0.15, -0.1) is 0 Å². The minimum absolute atomic E-state index is 0.0134. The Labute approximate surface area is 177 Å². The molecule has 2 aromatic rings. The summed E-state index contributed by atoms with van der Waals surface area (Å²) < 4.78 is 0. The van der Waals surface area contributed by atoms with Crippen LogP contribution in [0.15, 0.2) is 59.7 Å². The lowest BCUT2D eigenvalue weighted by Gasteiger charge is -2.07. The van der Waals surface area contributed by atoms with Crippen molar-refractivity contribution in [2.75, 3.05) is 0 Å². The van der Waals surface area contributed by atoms with Gasteiger partial charge >= 0.3 is 0 Å². The molecule has 5 nitrogen and oxygen atoms in total. The molecule has 2 aromatic carbocycles. The van der Waals surface area contributed by atoms with Crippen LogP contribution in [0.1, 0.15) is 55.1 Å². The van der Waals surface area contributed by atoms with E-state index in [-0.39, 0.29) is 28.6 Å². The summed E-state index contributed by atoms with van der Waals surface area (Å²) in [5.74, 6) is -1.11. The maximum Gasteiger partial charge on any atom is 0.189 e. The monoisotopic (exact) mass is 408 g/mol. The van der Waals surface area contributed by atoms with Gasteiger partial charge in [-0.25, -0.2) is 0 Å². The third-order valence-corrected chi connectivity index (χ3v) is 4.65. The van der Waals surface area contributed by atoms with Crippen molar-refractivity contribution in [3.63, 3.8) is 0 Å². The van der Waals surface area contributed by atoms with Crippen LogP contribution in [-0.4, -0.2) is 26.2 Å². The zero-order valence-corrected chi connectivity index (χ0v) is 17.5. The lowest BCUT2D eigenvalue weighted by molar-refractivity contribution is 0.104. The van der Waals surface area contributed by atoms with Crippen molar-refractivity contribution < 1.29 is 25.2 Å². The van der Waals surface area contributed by atoms with Crippen LogP contribution in [0.2, 0.25) is 0 Å². The largest absolute Gasteiger partial charge is 0.508 e. The normalized spacial score (nSPS) is 11.6. The minimum Gasteiger partial charge on any atom is -0.508 e. The molecular formula is C25H28O5. The Morgan fingerprint density at radius 1 is 0.900 bits per heavy atom. The summed E-state index contributed by atoms with van der Waals surface area (Å²) in [4.78, 5) is 12.3. The zero-order chi connectivity index (χ0) is 22.3. The molecule has 0 unspecified atom stereocenters. The molecule has 5 heteroatoms. The van der Waals surface area contributed by atoms with Crippen molar-refractivity contribution in [2.45, 2.75) is 40.0 Å². The summed E-state index contributed by atoms with van der Waals surface area (Å²) in [6.45, 7) is 6.17. The van der Waals surface area contributed by atoms with Crippen LogP contribution < -0.4 is 0 Å². The lowest BCUT2D eigenvalue weighted by Crippen LogP contribution is -1.94. The predicted octanol–water partition coefficient (Wildman–Crippen LogP) is 5.64. The molecular weight excluding hydrogens is 380 g/mol. The van der Waals surface area contributed by atoms with E-state index in [9.17, 15) is 25.2 Å². The van der Waals surface area contributed by atoms with E-state index in [2.05, 4.69) is 19.9 Å². The molecule has 4 N–H and O–H groups in total. The molecule has 0 aliphatic rings. The number of aromatic hydroxyl groups is 4. The molecule has 0 amide bonds. The average Bonchev–Trinajstić information content (AvgIpc) is 2.66. The van der Waals surface area contributed by atoms with E-state index in [1.165, 1.54) is 41.5 Å². The fourth-order valence-corrected chi connectivity index (χ4v) is 2.90. The van der Waals surface area contributed by atoms with Crippen LogP contribution in [0, 0.1) is 0 Å². The number of rotatable bonds is 8. The Morgan fingerprint density at radius 2 is 1.63 bits per heavy atom. The van der Waals surface area contributed by atoms with Crippen LogP contribution in [-0.2, 0) is 6.42 Å². The number of hydrogen-bond donors (Lipinski definition) is 4. The second-order valence-electron chi connectivity index (χ2n) is 7.51. The Bertz CT molecular complexity index is 1010. The highest BCUT2D eigenvalue weighted by Gasteiger charge is 2.10. The molecule has 158 valence electrons. The predicted molar refractivity (Wildman–Crippen MR) is 119 cm³/mol. The summed E-state index contributed by atoms with van der Waals surface area (Å²) in [6, 6.07) is 6.60. The first-order valence-electron chi connectivity index (χ1n) is 9.75. The second-order valence-corrected chi connectivity index (χ2v) is 7.51. The highest BCUT2D eigenvalue weighted by atomic mass is 16.3. The number of phenols is 4. The fraction of sp³-hybridized carbons (Fsp3) is 0.240. The summed E-state index contributed by atoms with van der Waals surface area (Å²) >= 11 is 0. The van der Waals surface area contributed by atoms with Gasteiger partial charge in [0.15, 0.2) is 5.78 Å². The molecule has 0 aliphatic carbocycles. The molecule has 0 heterocycles. The lowest BCUT2D eigenvalue weighted by atomic mass is 10.0. The van der Waals surface area contributed by atoms with Gasteiger partial charge in [0.1, 0.15) is 23.0 Å². The Kier molecular flexibility index (Phi) is 7.87. The molecule has 0 radical (unpaired) electrons. The highest BCUT2D eigenvalue weighted by molar-refractivity contribution is 6.08. The van der Waals surface area contributed by atoms with Crippen molar-refractivity contribution in [2.24, 2.45) is 0 Å². The Morgan fingerprint density at radius 3 is 2.30 bits per heavy atom. The Balaban J connectivity index is 2.16. The van der Waals surface area contributed by atoms with Crippen molar-refractivity contribution in [1.82, 2.24) is 0 Å². The number of ketones is 1. The van der Waals surface area contributed by atoms with Gasteiger partial charge < -0.3 is 20.4 Å². The molecule has 0 saturated carbocycles. The molecule has 0 bridgehead atoms. The molecule has 0 spiro atoms. The van der Waals surface area contributed by atoms with Crippen molar-refractivity contribution in [3.8, 4) is 23.0 Å². The van der Waals surface area contributed by atoms with Gasteiger partial charge in [0.25, 0.3) is 0 Å². The van der Waals surface area contributed by atoms with Gasteiger partial charge in [0.05, 0.1) is 5.56 Å². The van der Waals surface area contributed by atoms with Gasteiger partial charge in [-0.05, 0) is 75.9 Å². The minimum atomic E-state index is -0.475. The van der Waals surface area contributed by atoms with Crippen molar-refractivity contribution >= 4 is 11.9 Å². The SMILES string of the molecule is CC(C)=CCC/C(C)=C/Cc1cc(C=CC(=O)c2ccc(O)cc2O)c(O)cc1O. The summed E-state index contributed by atoms with van der Waals surface area (Å²) in [5.41, 5.74) is 3.54. The number of carbonyl (C=O) groups excluding carboxylic acids is 1. The molecule has 0 saturated heterocycles. The van der Waals surface area contributed by atoms with Crippen LogP contribution in [0.4, 0.5) is 0 Å². The van der Waals surface area contributed by atoms with Crippen molar-refractivity contribution in [1.29, 1.82) is 0 Å². The van der Waals surface area contributed by atoms with E-state index in [0.29, 0.717) is 17.5 Å². The van der Waals surface area contributed by atoms with Gasteiger partial charge in [-0.1, -0.05) is 23.3 Å². The topological polar surface area (TPSA) is 98.0 Å². The third-order valence-electron chi connectivity index (χ3n) is 4.65. The summed E-state index contributed by atoms with van der Waals surface area (Å²) in [5, 5.41) is 39.4. The molecule has 0 fully saturated rings. The van der Waals surface area contributed by atoms with E-state index >= 15 is 0 Å². The maximum absolute atomic E-state index is 12.3. The fourth-order valence-electron chi connectivity index (χ4n) is 2.90. The number of hydrogen-bond acceptors (Lipinski definition) is 5. The third kappa shape index (κ3) is 6.55. The second kappa shape index (κ2) is 10.3. The molecule has 2 rings (SSSR count). The van der Waals surface area contributed by atoms with E-state index in [0.717, 1.165) is 18.9 Å². The number of phenolic OH excluding ortho intramolecular Hbond substituents is 4. The van der Waals surface area contributed by atoms with Crippen molar-refractivity contribution in [3.05, 3.63) is 76.4 Å². The smallest absolute Gasteiger partial charge is 0.189 e. The average molecular weight is 408 g/mol. The first kappa shape index (κ1) is 22.8. The molecule has 30 heavy (non-hydrogen) atoms. The van der Waals surface area contributed by atoms with Gasteiger partial charge in [-0.3, -0.25) is 4.79 Å². The van der Waals surface area contributed by atoms with Gasteiger partial charge in [-0.2, -0.15) is 0 Å². The maximum atomic E-state index is 12.3. The van der Waals surface area contributed by atoms with E-state index in [1.807, 2.05) is 13.0 Å². The van der Waals surface area contributed by atoms with Crippen LogP contribution in [0.25, 0.3) is 6.08 Å². The Hall–Kier alpha value is -3.47.